The van der Waals surface area contributed by atoms with Crippen LogP contribution in [0.5, 0.6) is 5.75 Å². The fourth-order valence-electron chi connectivity index (χ4n) is 4.44. The number of nitrogens with zero attached hydrogens (tertiary/aromatic N) is 2. The van der Waals surface area contributed by atoms with Crippen LogP contribution in [0.15, 0.2) is 36.4 Å². The predicted octanol–water partition coefficient (Wildman–Crippen LogP) is 4.26. The summed E-state index contributed by atoms with van der Waals surface area (Å²) in [5, 5.41) is 0.152. The number of amides is 1. The van der Waals surface area contributed by atoms with Crippen LogP contribution < -0.4 is 9.64 Å². The number of likely N-dealkylation sites (tertiary alicyclic amines) is 1. The number of piperazine rings is 1. The van der Waals surface area contributed by atoms with Crippen molar-refractivity contribution in [2.75, 3.05) is 31.9 Å². The van der Waals surface area contributed by atoms with Gasteiger partial charge < -0.3 is 19.3 Å². The molecule has 2 aliphatic heterocycles. The molecule has 0 spiro atoms. The number of fused-ring (bicyclic) bond motifs is 2. The number of methoxy groups -OCH3 is 1. The maximum Gasteiger partial charge on any atom is 0.255 e. The summed E-state index contributed by atoms with van der Waals surface area (Å²) in [6, 6.07) is 10.4. The van der Waals surface area contributed by atoms with E-state index in [1.54, 1.807) is 7.11 Å². The lowest BCUT2D eigenvalue weighted by Gasteiger charge is -2.43. The maximum absolute atomic E-state index is 13.3. The molecule has 5 nitrogen and oxygen atoms in total. The molecule has 154 valence electrons. The van der Waals surface area contributed by atoms with Crippen LogP contribution in [0.1, 0.15) is 28.8 Å². The number of hydrogen-bond donors (Lipinski definition) is 0. The molecule has 2 aromatic rings. The zero-order valence-electron chi connectivity index (χ0n) is 16.5. The zero-order valence-corrected chi connectivity index (χ0v) is 17.3. The molecule has 2 atom stereocenters. The largest absolute Gasteiger partial charge is 0.465 e. The molecular formula is C22H24ClFN2O3. The van der Waals surface area contributed by atoms with Crippen molar-refractivity contribution in [1.82, 2.24) is 4.90 Å². The molecule has 2 fully saturated rings. The Kier molecular flexibility index (Phi) is 5.65. The molecule has 0 saturated carbocycles. The fraction of sp³-hybridized carbons (Fsp3) is 0.409. The first-order valence-corrected chi connectivity index (χ1v) is 10.1. The first kappa shape index (κ1) is 20.0. The van der Waals surface area contributed by atoms with Crippen molar-refractivity contribution >= 4 is 23.2 Å². The highest BCUT2D eigenvalue weighted by atomic mass is 35.5. The van der Waals surface area contributed by atoms with Gasteiger partial charge in [-0.1, -0.05) is 23.7 Å². The summed E-state index contributed by atoms with van der Waals surface area (Å²) < 4.78 is 24.3. The van der Waals surface area contributed by atoms with Gasteiger partial charge in [-0.25, -0.2) is 4.39 Å². The number of aryl methyl sites for hydroxylation is 1. The number of anilines is 1. The van der Waals surface area contributed by atoms with Crippen LogP contribution in [0, 0.1) is 12.7 Å². The number of benzene rings is 2. The van der Waals surface area contributed by atoms with E-state index in [2.05, 4.69) is 11.0 Å². The van der Waals surface area contributed by atoms with Crippen LogP contribution >= 0.6 is 11.6 Å². The Balaban J connectivity index is 1.57. The third-order valence-corrected chi connectivity index (χ3v) is 6.03. The van der Waals surface area contributed by atoms with Crippen molar-refractivity contribution in [3.63, 3.8) is 0 Å². The summed E-state index contributed by atoms with van der Waals surface area (Å²) in [6.07, 6.45) is 2.01. The molecule has 0 radical (unpaired) electrons. The van der Waals surface area contributed by atoms with Crippen molar-refractivity contribution in [3.8, 4) is 5.75 Å². The van der Waals surface area contributed by atoms with Crippen molar-refractivity contribution in [3.05, 3.63) is 58.4 Å². The van der Waals surface area contributed by atoms with Crippen LogP contribution in [0.25, 0.3) is 0 Å². The minimum Gasteiger partial charge on any atom is -0.465 e. The molecule has 0 N–H and O–H groups in total. The van der Waals surface area contributed by atoms with E-state index in [-0.39, 0.29) is 29.8 Å². The smallest absolute Gasteiger partial charge is 0.255 e. The third-order valence-electron chi connectivity index (χ3n) is 5.72. The maximum atomic E-state index is 13.3. The summed E-state index contributed by atoms with van der Waals surface area (Å²) in [4.78, 5) is 17.2. The summed E-state index contributed by atoms with van der Waals surface area (Å²) >= 11 is 6.12. The van der Waals surface area contributed by atoms with Gasteiger partial charge in [-0.15, -0.1) is 0 Å². The highest BCUT2D eigenvalue weighted by Crippen LogP contribution is 2.41. The molecule has 7 heteroatoms. The Morgan fingerprint density at radius 2 is 1.93 bits per heavy atom. The van der Waals surface area contributed by atoms with Crippen molar-refractivity contribution < 1.29 is 18.7 Å². The number of carbonyl (C=O) groups is 1. The van der Waals surface area contributed by atoms with E-state index in [1.165, 1.54) is 18.2 Å². The molecule has 0 aromatic heterocycles. The van der Waals surface area contributed by atoms with E-state index in [0.717, 1.165) is 29.8 Å². The molecule has 2 aliphatic rings. The molecule has 4 rings (SSSR count). The molecule has 2 bridgehead atoms. The Morgan fingerprint density at radius 1 is 1.21 bits per heavy atom. The first-order valence-electron chi connectivity index (χ1n) is 9.73. The van der Waals surface area contributed by atoms with Gasteiger partial charge in [0.1, 0.15) is 11.6 Å². The molecule has 2 aromatic carbocycles. The average Bonchev–Trinajstić information content (AvgIpc) is 2.95. The lowest BCUT2D eigenvalue weighted by Crippen LogP contribution is -2.55. The minimum atomic E-state index is -0.445. The average molecular weight is 419 g/mol. The summed E-state index contributed by atoms with van der Waals surface area (Å²) in [5.41, 5.74) is 2.44. The molecule has 29 heavy (non-hydrogen) atoms. The van der Waals surface area contributed by atoms with E-state index in [0.29, 0.717) is 18.7 Å². The number of carbonyl (C=O) groups excluding carboxylic acids is 1. The second kappa shape index (κ2) is 8.20. The van der Waals surface area contributed by atoms with Gasteiger partial charge in [0, 0.05) is 32.3 Å². The lowest BCUT2D eigenvalue weighted by atomic mass is 10.1. The van der Waals surface area contributed by atoms with Crippen molar-refractivity contribution in [1.29, 1.82) is 0 Å². The standard InChI is InChI=1S/C22H24ClFN2O3/c1-14-4-3-5-20(21(14)29-13-28-2)26-16-7-8-17(26)12-25(11-16)22(27)18-9-6-15(24)10-19(18)23/h3-6,9-10,16-17H,7-8,11-13H2,1-2H3. The second-order valence-corrected chi connectivity index (χ2v) is 8.01. The SMILES string of the molecule is COCOc1c(C)cccc1N1C2CCC1CN(C(=O)c1ccc(F)cc1Cl)C2. The normalized spacial score (nSPS) is 20.8. The van der Waals surface area contributed by atoms with Gasteiger partial charge in [0.05, 0.1) is 16.3 Å². The first-order chi connectivity index (χ1) is 14.0. The Hall–Kier alpha value is -2.31. The Labute approximate surface area is 175 Å². The summed E-state index contributed by atoms with van der Waals surface area (Å²) in [7, 11) is 1.60. The van der Waals surface area contributed by atoms with E-state index in [1.807, 2.05) is 24.0 Å². The number of para-hydroxylation sites is 1. The molecule has 0 aliphatic carbocycles. The molecule has 1 amide bonds. The zero-order chi connectivity index (χ0) is 20.5. The molecule has 2 unspecified atom stereocenters. The van der Waals surface area contributed by atoms with Crippen LogP contribution in [-0.4, -0.2) is 49.9 Å². The third kappa shape index (κ3) is 3.79. The van der Waals surface area contributed by atoms with E-state index < -0.39 is 5.82 Å². The molecule has 2 saturated heterocycles. The van der Waals surface area contributed by atoms with Crippen molar-refractivity contribution in [2.24, 2.45) is 0 Å². The van der Waals surface area contributed by atoms with Gasteiger partial charge in [0.2, 0.25) is 0 Å². The second-order valence-electron chi connectivity index (χ2n) is 7.60. The number of rotatable bonds is 5. The molecule has 2 heterocycles. The van der Waals surface area contributed by atoms with Crippen molar-refractivity contribution in [2.45, 2.75) is 31.8 Å². The Bertz CT molecular complexity index is 909. The van der Waals surface area contributed by atoms with E-state index in [9.17, 15) is 9.18 Å². The van der Waals surface area contributed by atoms with Crippen LogP contribution in [0.3, 0.4) is 0 Å². The van der Waals surface area contributed by atoms with Gasteiger partial charge in [-0.3, -0.25) is 4.79 Å². The monoisotopic (exact) mass is 418 g/mol. The highest BCUT2D eigenvalue weighted by Gasteiger charge is 2.42. The van der Waals surface area contributed by atoms with Gasteiger partial charge in [-0.2, -0.15) is 0 Å². The highest BCUT2D eigenvalue weighted by molar-refractivity contribution is 6.33. The lowest BCUT2D eigenvalue weighted by molar-refractivity contribution is 0.0506. The fourth-order valence-corrected chi connectivity index (χ4v) is 4.69. The van der Waals surface area contributed by atoms with Gasteiger partial charge in [-0.05, 0) is 49.6 Å². The van der Waals surface area contributed by atoms with Gasteiger partial charge >= 0.3 is 0 Å². The summed E-state index contributed by atoms with van der Waals surface area (Å²) in [6.45, 7) is 3.41. The predicted molar refractivity (Wildman–Crippen MR) is 110 cm³/mol. The van der Waals surface area contributed by atoms with Crippen LogP contribution in [0.4, 0.5) is 10.1 Å². The quantitative estimate of drug-likeness (QED) is 0.680. The van der Waals surface area contributed by atoms with E-state index >= 15 is 0 Å². The topological polar surface area (TPSA) is 42.0 Å². The van der Waals surface area contributed by atoms with Gasteiger partial charge in [0.15, 0.2) is 6.79 Å². The number of halogens is 2. The van der Waals surface area contributed by atoms with Crippen LogP contribution in [-0.2, 0) is 4.74 Å². The minimum absolute atomic E-state index is 0.147. The van der Waals surface area contributed by atoms with Crippen LogP contribution in [0.2, 0.25) is 5.02 Å². The Morgan fingerprint density at radius 3 is 2.59 bits per heavy atom. The molecular weight excluding hydrogens is 395 g/mol. The van der Waals surface area contributed by atoms with Gasteiger partial charge in [0.25, 0.3) is 5.91 Å². The number of ether oxygens (including phenoxy) is 2. The number of hydrogen-bond acceptors (Lipinski definition) is 4. The summed E-state index contributed by atoms with van der Waals surface area (Å²) in [5.74, 6) is 0.235. The van der Waals surface area contributed by atoms with E-state index in [4.69, 9.17) is 21.1 Å².